The van der Waals surface area contributed by atoms with E-state index in [0.29, 0.717) is 53.7 Å². The molecule has 7 rings (SSSR count). The zero-order valence-corrected chi connectivity index (χ0v) is 44.4. The van der Waals surface area contributed by atoms with Crippen molar-refractivity contribution in [2.24, 2.45) is 17.8 Å². The lowest BCUT2D eigenvalue weighted by molar-refractivity contribution is 0.0487. The smallest absolute Gasteiger partial charge is 0.342 e. The molecule has 15 nitrogen and oxygen atoms in total. The number of hydrogen-bond donors (Lipinski definition) is 3. The minimum atomic E-state index is -1.08. The van der Waals surface area contributed by atoms with Gasteiger partial charge in [0, 0.05) is 16.7 Å². The normalized spacial score (nSPS) is 15.2. The number of rotatable bonds is 24. The van der Waals surface area contributed by atoms with Crippen LogP contribution in [0.3, 0.4) is 0 Å². The van der Waals surface area contributed by atoms with Crippen LogP contribution < -0.4 is 14.2 Å². The van der Waals surface area contributed by atoms with E-state index in [1.165, 1.54) is 0 Å². The molecule has 3 aliphatic rings. The highest BCUT2D eigenvalue weighted by atomic mass is 16.6. The van der Waals surface area contributed by atoms with Gasteiger partial charge in [0.1, 0.15) is 33.5 Å². The third-order valence-corrected chi connectivity index (χ3v) is 13.7. The van der Waals surface area contributed by atoms with E-state index in [-0.39, 0.29) is 87.9 Å². The molecule has 4 aromatic rings. The van der Waals surface area contributed by atoms with E-state index < -0.39 is 52.0 Å². The van der Waals surface area contributed by atoms with Gasteiger partial charge in [-0.3, -0.25) is 0 Å². The number of aromatic nitrogens is 3. The first-order chi connectivity index (χ1) is 33.9. The van der Waals surface area contributed by atoms with Crippen molar-refractivity contribution >= 4 is 17.9 Å². The predicted octanol–water partition coefficient (Wildman–Crippen LogP) is 13.0. The summed E-state index contributed by atoms with van der Waals surface area (Å²) >= 11 is 0. The molecule has 3 N–H and O–H groups in total. The van der Waals surface area contributed by atoms with Crippen LogP contribution in [0.5, 0.6) is 34.5 Å². The fraction of sp³-hybridized carbons (Fsp3) is 0.579. The maximum absolute atomic E-state index is 13.7. The van der Waals surface area contributed by atoms with Crippen molar-refractivity contribution in [1.29, 1.82) is 0 Å². The third kappa shape index (κ3) is 11.2. The molecule has 0 saturated heterocycles. The van der Waals surface area contributed by atoms with Gasteiger partial charge < -0.3 is 43.7 Å². The van der Waals surface area contributed by atoms with Gasteiger partial charge in [-0.1, -0.05) is 99.3 Å². The Bertz CT molecular complexity index is 2400. The first-order valence-corrected chi connectivity index (χ1v) is 26.0. The van der Waals surface area contributed by atoms with E-state index in [4.69, 9.17) is 43.4 Å². The molecule has 0 radical (unpaired) electrons. The van der Waals surface area contributed by atoms with E-state index in [9.17, 15) is 29.7 Å². The maximum atomic E-state index is 13.7. The van der Waals surface area contributed by atoms with E-state index in [1.807, 2.05) is 0 Å². The molecule has 0 amide bonds. The highest BCUT2D eigenvalue weighted by Gasteiger charge is 2.46. The lowest BCUT2D eigenvalue weighted by atomic mass is 9.92. The highest BCUT2D eigenvalue weighted by Crippen LogP contribution is 2.56. The summed E-state index contributed by atoms with van der Waals surface area (Å²) in [5.74, 6) is -2.17. The van der Waals surface area contributed by atoms with Crippen molar-refractivity contribution in [3.63, 3.8) is 0 Å². The summed E-state index contributed by atoms with van der Waals surface area (Å²) in [5, 5.41) is 36.3. The minimum absolute atomic E-state index is 0.0562. The molecule has 15 heteroatoms. The van der Waals surface area contributed by atoms with E-state index in [1.54, 1.807) is 59.7 Å². The van der Waals surface area contributed by atoms with Crippen LogP contribution in [0.4, 0.5) is 0 Å². The Morgan fingerprint density at radius 3 is 0.931 bits per heavy atom. The zero-order valence-electron chi connectivity index (χ0n) is 44.4. The van der Waals surface area contributed by atoms with Crippen molar-refractivity contribution in [3.8, 4) is 68.7 Å². The number of unbranched alkanes of at least 4 members (excludes halogenated alkanes) is 6. The second kappa shape index (κ2) is 21.5. The average molecular weight is 994 g/mol. The minimum Gasteiger partial charge on any atom is -0.504 e. The summed E-state index contributed by atoms with van der Waals surface area (Å²) in [6.45, 7) is 24.2. The third-order valence-electron chi connectivity index (χ3n) is 13.7. The van der Waals surface area contributed by atoms with Crippen molar-refractivity contribution in [3.05, 3.63) is 51.6 Å². The van der Waals surface area contributed by atoms with Gasteiger partial charge in [-0.2, -0.15) is 0 Å². The molecule has 72 heavy (non-hydrogen) atoms. The van der Waals surface area contributed by atoms with Crippen LogP contribution in [-0.2, 0) is 31.0 Å². The van der Waals surface area contributed by atoms with Crippen molar-refractivity contribution < 1.29 is 58.1 Å². The first-order valence-electron chi connectivity index (χ1n) is 26.0. The molecule has 0 atom stereocenters. The van der Waals surface area contributed by atoms with Gasteiger partial charge in [0.05, 0.1) is 36.5 Å². The zero-order chi connectivity index (χ0) is 52.4. The number of aromatic hydroxyl groups is 3. The second-order valence-corrected chi connectivity index (χ2v) is 22.4. The molecule has 4 heterocycles. The monoisotopic (exact) mass is 994 g/mol. The van der Waals surface area contributed by atoms with Gasteiger partial charge in [0.2, 0.25) is 0 Å². The first kappa shape index (κ1) is 53.7. The quantitative estimate of drug-likeness (QED) is 0.0339. The van der Waals surface area contributed by atoms with Gasteiger partial charge >= 0.3 is 17.9 Å². The number of phenolic OH excluding ortho intramolecular Hbond substituents is 3. The topological polar surface area (TPSA) is 206 Å². The fourth-order valence-corrected chi connectivity index (χ4v) is 9.66. The summed E-state index contributed by atoms with van der Waals surface area (Å²) in [4.78, 5) is 55.7. The number of benzene rings is 3. The lowest BCUT2D eigenvalue weighted by Gasteiger charge is -2.18. The lowest BCUT2D eigenvalue weighted by Crippen LogP contribution is -2.20. The van der Waals surface area contributed by atoms with Crippen LogP contribution in [0, 0.1) is 17.8 Å². The van der Waals surface area contributed by atoms with E-state index >= 15 is 0 Å². The molecule has 3 aliphatic heterocycles. The standard InChI is InChI=1S/C57H75N3O12/c1-31(2)22-16-13-19-25-67-52(64)40-37-28-34(43(61)46(40)70-55(37,7)8)49-58-50(35-29-38-41(47(44(35)62)71-56(38,9)10)53(65)68-26-20-14-17-23-32(3)4)60-51(59-49)36-30-39-42(48(45(36)63)72-57(39,11)12)54(66)69-27-21-15-18-24-33(5)6/h28-33,61-63H,13-27H2,1-12H3. The number of phenols is 3. The van der Waals surface area contributed by atoms with Crippen LogP contribution in [-0.4, -0.2) is 68.0 Å². The van der Waals surface area contributed by atoms with Gasteiger partial charge in [0.15, 0.2) is 52.0 Å². The van der Waals surface area contributed by atoms with Crippen LogP contribution >= 0.6 is 0 Å². The molecule has 0 spiro atoms. The molecule has 0 aliphatic carbocycles. The predicted molar refractivity (Wildman–Crippen MR) is 273 cm³/mol. The summed E-state index contributed by atoms with van der Waals surface area (Å²) in [7, 11) is 0. The number of hydrogen-bond acceptors (Lipinski definition) is 15. The Labute approximate surface area is 424 Å². The van der Waals surface area contributed by atoms with Gasteiger partial charge in [-0.25, -0.2) is 29.3 Å². The van der Waals surface area contributed by atoms with Gasteiger partial charge in [0.25, 0.3) is 0 Å². The number of carbonyl (C=O) groups excluding carboxylic acids is 3. The average Bonchev–Trinajstić information content (AvgIpc) is 3.76. The van der Waals surface area contributed by atoms with Crippen LogP contribution in [0.2, 0.25) is 0 Å². The molecule has 3 aromatic carbocycles. The summed E-state index contributed by atoms with van der Waals surface area (Å²) in [5.41, 5.74) is -1.56. The van der Waals surface area contributed by atoms with E-state index in [0.717, 1.165) is 57.8 Å². The number of fused-ring (bicyclic) bond motifs is 6. The molecule has 6 bridgehead atoms. The maximum Gasteiger partial charge on any atom is 0.342 e. The summed E-state index contributed by atoms with van der Waals surface area (Å²) < 4.78 is 35.9. The Balaban J connectivity index is 1.32. The number of ether oxygens (including phenoxy) is 6. The van der Waals surface area contributed by atoms with Gasteiger partial charge in [-0.05, 0) is 96.8 Å². The molecular formula is C57H75N3O12. The molecule has 390 valence electrons. The summed E-state index contributed by atoms with van der Waals surface area (Å²) in [6, 6.07) is 4.71. The molecule has 1 aromatic heterocycles. The number of esters is 3. The molecule has 0 fully saturated rings. The van der Waals surface area contributed by atoms with Crippen LogP contribution in [0.15, 0.2) is 18.2 Å². The second-order valence-electron chi connectivity index (χ2n) is 22.4. The fourth-order valence-electron chi connectivity index (χ4n) is 9.66. The van der Waals surface area contributed by atoms with Gasteiger partial charge in [-0.15, -0.1) is 0 Å². The largest absolute Gasteiger partial charge is 0.504 e. The Kier molecular flexibility index (Phi) is 16.1. The number of nitrogens with zero attached hydrogens (tertiary/aromatic N) is 3. The van der Waals surface area contributed by atoms with E-state index in [2.05, 4.69) is 41.5 Å². The van der Waals surface area contributed by atoms with Crippen LogP contribution in [0.25, 0.3) is 34.2 Å². The van der Waals surface area contributed by atoms with Crippen LogP contribution in [0.1, 0.15) is 208 Å². The SMILES string of the molecule is CC(C)CCCCCOC(=O)c1c2cc(-c3nc(-c4cc5c(C(=O)OCCCCCC(C)C)c(c4O)OC5(C)C)nc(-c4cc5c(C(=O)OCCCCCC(C)C)c(c4O)OC5(C)C)n3)c(O)c1OC2(C)C. The Morgan fingerprint density at radius 2 is 0.694 bits per heavy atom. The van der Waals surface area contributed by atoms with Crippen molar-refractivity contribution in [2.45, 2.75) is 177 Å². The molecular weight excluding hydrogens is 919 g/mol. The highest BCUT2D eigenvalue weighted by molar-refractivity contribution is 6.01. The Morgan fingerprint density at radius 1 is 0.444 bits per heavy atom. The molecule has 0 unspecified atom stereocenters. The Hall–Kier alpha value is -6.12. The van der Waals surface area contributed by atoms with Crippen molar-refractivity contribution in [2.75, 3.05) is 19.8 Å². The number of carbonyl (C=O) groups is 3. The van der Waals surface area contributed by atoms with Crippen molar-refractivity contribution in [1.82, 2.24) is 15.0 Å². The molecule has 0 saturated carbocycles. The summed E-state index contributed by atoms with van der Waals surface area (Å²) in [6.07, 6.45) is 11.1.